The number of anilines is 1. The largest absolute Gasteiger partial charge is 0.378 e. The van der Waals surface area contributed by atoms with Crippen LogP contribution in [-0.2, 0) is 0 Å². The van der Waals surface area contributed by atoms with Crippen LogP contribution < -0.4 is 4.90 Å². The van der Waals surface area contributed by atoms with Crippen LogP contribution in [0.2, 0.25) is 0 Å². The second-order valence-electron chi connectivity index (χ2n) is 4.61. The molecule has 0 radical (unpaired) electrons. The van der Waals surface area contributed by atoms with Gasteiger partial charge < -0.3 is 4.90 Å². The number of benzene rings is 1. The SMILES string of the molecule is Cc1ccc(C)c(-c2cc(N(C)C)ccn2)c1. The van der Waals surface area contributed by atoms with Crippen molar-refractivity contribution in [1.82, 2.24) is 4.98 Å². The lowest BCUT2D eigenvalue weighted by atomic mass is 10.0. The number of nitrogens with zero attached hydrogens (tertiary/aromatic N) is 2. The van der Waals surface area contributed by atoms with Crippen molar-refractivity contribution in [2.45, 2.75) is 13.8 Å². The van der Waals surface area contributed by atoms with Crippen LogP contribution in [0.15, 0.2) is 36.5 Å². The van der Waals surface area contributed by atoms with Gasteiger partial charge in [0.25, 0.3) is 0 Å². The number of aromatic nitrogens is 1. The number of hydrogen-bond acceptors (Lipinski definition) is 2. The molecule has 1 aromatic heterocycles. The zero-order valence-electron chi connectivity index (χ0n) is 10.9. The van der Waals surface area contributed by atoms with Crippen LogP contribution in [0, 0.1) is 13.8 Å². The summed E-state index contributed by atoms with van der Waals surface area (Å²) in [6.45, 7) is 4.23. The summed E-state index contributed by atoms with van der Waals surface area (Å²) in [5, 5.41) is 0. The quantitative estimate of drug-likeness (QED) is 0.780. The molecule has 2 heteroatoms. The van der Waals surface area contributed by atoms with Gasteiger partial charge in [-0.2, -0.15) is 0 Å². The molecule has 0 fully saturated rings. The van der Waals surface area contributed by atoms with E-state index in [1.165, 1.54) is 22.4 Å². The zero-order chi connectivity index (χ0) is 12.4. The minimum atomic E-state index is 1.04. The third-order valence-electron chi connectivity index (χ3n) is 2.93. The summed E-state index contributed by atoms with van der Waals surface area (Å²) in [6.07, 6.45) is 1.87. The van der Waals surface area contributed by atoms with Gasteiger partial charge in [0.05, 0.1) is 5.69 Å². The second-order valence-corrected chi connectivity index (χ2v) is 4.61. The molecule has 0 aliphatic heterocycles. The van der Waals surface area contributed by atoms with E-state index in [0.717, 1.165) is 5.69 Å². The molecule has 0 aliphatic carbocycles. The Balaban J connectivity index is 2.52. The molecule has 1 aromatic carbocycles. The van der Waals surface area contributed by atoms with Gasteiger partial charge in [0.15, 0.2) is 0 Å². The highest BCUT2D eigenvalue weighted by atomic mass is 15.1. The van der Waals surface area contributed by atoms with Crippen molar-refractivity contribution in [3.63, 3.8) is 0 Å². The average Bonchev–Trinajstić information content (AvgIpc) is 2.32. The van der Waals surface area contributed by atoms with Gasteiger partial charge in [0, 0.05) is 31.5 Å². The van der Waals surface area contributed by atoms with Gasteiger partial charge in [0.2, 0.25) is 0 Å². The topological polar surface area (TPSA) is 16.1 Å². The molecular formula is C15H18N2. The highest BCUT2D eigenvalue weighted by molar-refractivity contribution is 5.68. The number of hydrogen-bond donors (Lipinski definition) is 0. The van der Waals surface area contributed by atoms with Crippen LogP contribution in [0.4, 0.5) is 5.69 Å². The van der Waals surface area contributed by atoms with Crippen molar-refractivity contribution in [2.75, 3.05) is 19.0 Å². The van der Waals surface area contributed by atoms with Crippen molar-refractivity contribution < 1.29 is 0 Å². The molecule has 0 bridgehead atoms. The molecule has 0 N–H and O–H groups in total. The summed E-state index contributed by atoms with van der Waals surface area (Å²) >= 11 is 0. The Bertz CT molecular complexity index is 530. The maximum atomic E-state index is 4.47. The van der Waals surface area contributed by atoms with Crippen molar-refractivity contribution >= 4 is 5.69 Å². The smallest absolute Gasteiger partial charge is 0.0725 e. The summed E-state index contributed by atoms with van der Waals surface area (Å²) in [5.74, 6) is 0. The summed E-state index contributed by atoms with van der Waals surface area (Å²) in [4.78, 5) is 6.56. The minimum Gasteiger partial charge on any atom is -0.378 e. The Labute approximate surface area is 103 Å². The van der Waals surface area contributed by atoms with Crippen LogP contribution in [0.5, 0.6) is 0 Å². The Kier molecular flexibility index (Phi) is 3.14. The summed E-state index contributed by atoms with van der Waals surface area (Å²) in [6, 6.07) is 10.6. The molecule has 1 heterocycles. The fourth-order valence-corrected chi connectivity index (χ4v) is 1.86. The van der Waals surface area contributed by atoms with E-state index in [1.54, 1.807) is 0 Å². The zero-order valence-corrected chi connectivity index (χ0v) is 10.9. The van der Waals surface area contributed by atoms with Crippen LogP contribution in [0.1, 0.15) is 11.1 Å². The lowest BCUT2D eigenvalue weighted by Gasteiger charge is -2.14. The van der Waals surface area contributed by atoms with Crippen LogP contribution in [0.25, 0.3) is 11.3 Å². The highest BCUT2D eigenvalue weighted by Crippen LogP contribution is 2.25. The van der Waals surface area contributed by atoms with Crippen LogP contribution >= 0.6 is 0 Å². The van der Waals surface area contributed by atoms with Gasteiger partial charge in [-0.25, -0.2) is 0 Å². The van der Waals surface area contributed by atoms with Gasteiger partial charge in [-0.15, -0.1) is 0 Å². The normalized spacial score (nSPS) is 10.4. The van der Waals surface area contributed by atoms with E-state index in [9.17, 15) is 0 Å². The fourth-order valence-electron chi connectivity index (χ4n) is 1.86. The lowest BCUT2D eigenvalue weighted by Crippen LogP contribution is -2.08. The maximum absolute atomic E-state index is 4.47. The summed E-state index contributed by atoms with van der Waals surface area (Å²) < 4.78 is 0. The first kappa shape index (κ1) is 11.6. The van der Waals surface area contributed by atoms with Gasteiger partial charge in [-0.05, 0) is 37.6 Å². The van der Waals surface area contributed by atoms with E-state index in [-0.39, 0.29) is 0 Å². The Morgan fingerprint density at radius 1 is 1.00 bits per heavy atom. The van der Waals surface area contributed by atoms with Crippen LogP contribution in [0.3, 0.4) is 0 Å². The first-order valence-electron chi connectivity index (χ1n) is 5.79. The predicted molar refractivity (Wildman–Crippen MR) is 73.5 cm³/mol. The molecule has 0 spiro atoms. The van der Waals surface area contributed by atoms with Crippen molar-refractivity contribution in [2.24, 2.45) is 0 Å². The fraction of sp³-hybridized carbons (Fsp3) is 0.267. The van der Waals surface area contributed by atoms with Gasteiger partial charge >= 0.3 is 0 Å². The molecule has 2 nitrogen and oxygen atoms in total. The number of aryl methyl sites for hydroxylation is 2. The Morgan fingerprint density at radius 3 is 2.47 bits per heavy atom. The first-order valence-corrected chi connectivity index (χ1v) is 5.79. The molecule has 88 valence electrons. The molecule has 0 saturated carbocycles. The Morgan fingerprint density at radius 2 is 1.76 bits per heavy atom. The maximum Gasteiger partial charge on any atom is 0.0725 e. The van der Waals surface area contributed by atoms with Crippen molar-refractivity contribution in [3.8, 4) is 11.3 Å². The predicted octanol–water partition coefficient (Wildman–Crippen LogP) is 3.43. The standard InChI is InChI=1S/C15H18N2/c1-11-5-6-12(2)14(9-11)15-10-13(17(3)4)7-8-16-15/h5-10H,1-4H3. The molecular weight excluding hydrogens is 208 g/mol. The molecule has 0 amide bonds. The monoisotopic (exact) mass is 226 g/mol. The lowest BCUT2D eigenvalue weighted by molar-refractivity contribution is 1.12. The molecule has 0 atom stereocenters. The molecule has 2 aromatic rings. The molecule has 2 rings (SSSR count). The van der Waals surface area contributed by atoms with Gasteiger partial charge in [-0.3, -0.25) is 4.98 Å². The number of rotatable bonds is 2. The van der Waals surface area contributed by atoms with Crippen LogP contribution in [-0.4, -0.2) is 19.1 Å². The molecule has 0 aliphatic rings. The molecule has 17 heavy (non-hydrogen) atoms. The molecule has 0 unspecified atom stereocenters. The Hall–Kier alpha value is -1.83. The summed E-state index contributed by atoms with van der Waals surface area (Å²) in [7, 11) is 4.09. The highest BCUT2D eigenvalue weighted by Gasteiger charge is 2.05. The number of pyridine rings is 1. The van der Waals surface area contributed by atoms with Crippen molar-refractivity contribution in [3.05, 3.63) is 47.7 Å². The minimum absolute atomic E-state index is 1.04. The van der Waals surface area contributed by atoms with E-state index in [2.05, 4.69) is 48.0 Å². The average molecular weight is 226 g/mol. The second kappa shape index (κ2) is 4.58. The van der Waals surface area contributed by atoms with E-state index < -0.39 is 0 Å². The third kappa shape index (κ3) is 2.47. The third-order valence-corrected chi connectivity index (χ3v) is 2.93. The molecule has 0 saturated heterocycles. The first-order chi connectivity index (χ1) is 8.08. The van der Waals surface area contributed by atoms with E-state index in [0.29, 0.717) is 0 Å². The van der Waals surface area contributed by atoms with Crippen molar-refractivity contribution in [1.29, 1.82) is 0 Å². The van der Waals surface area contributed by atoms with E-state index in [4.69, 9.17) is 0 Å². The van der Waals surface area contributed by atoms with Gasteiger partial charge in [0.1, 0.15) is 0 Å². The summed E-state index contributed by atoms with van der Waals surface area (Å²) in [5.41, 5.74) is 5.96. The van der Waals surface area contributed by atoms with E-state index >= 15 is 0 Å². The van der Waals surface area contributed by atoms with Gasteiger partial charge in [-0.1, -0.05) is 17.7 Å². The van der Waals surface area contributed by atoms with E-state index in [1.807, 2.05) is 26.4 Å².